The molecule has 20 heavy (non-hydrogen) atoms. The molecule has 4 heteroatoms. The fourth-order valence-electron chi connectivity index (χ4n) is 2.62. The Morgan fingerprint density at radius 2 is 2.25 bits per heavy atom. The molecule has 1 aromatic carbocycles. The van der Waals surface area contributed by atoms with Gasteiger partial charge in [0, 0.05) is 47.4 Å². The first-order chi connectivity index (χ1) is 9.76. The van der Waals surface area contributed by atoms with E-state index in [4.69, 9.17) is 11.6 Å². The zero-order valence-electron chi connectivity index (χ0n) is 12.1. The topological polar surface area (TPSA) is 15.3 Å². The highest BCUT2D eigenvalue weighted by Gasteiger charge is 2.21. The van der Waals surface area contributed by atoms with Crippen molar-refractivity contribution in [2.24, 2.45) is 0 Å². The molecule has 0 bridgehead atoms. The fraction of sp³-hybridized carbons (Fsp3) is 0.625. The van der Waals surface area contributed by atoms with Gasteiger partial charge < -0.3 is 10.2 Å². The molecular formula is C16H23ClN2S. The maximum atomic E-state index is 6.45. The van der Waals surface area contributed by atoms with Crippen LogP contribution in [0.4, 0.5) is 5.69 Å². The molecule has 1 heterocycles. The summed E-state index contributed by atoms with van der Waals surface area (Å²) in [4.78, 5) is 2.48. The second kappa shape index (κ2) is 6.59. The van der Waals surface area contributed by atoms with Crippen molar-refractivity contribution >= 4 is 29.1 Å². The van der Waals surface area contributed by atoms with E-state index in [0.717, 1.165) is 35.9 Å². The molecule has 0 amide bonds. The minimum atomic E-state index is 0.732. The maximum absolute atomic E-state index is 6.45. The lowest BCUT2D eigenvalue weighted by Gasteiger charge is -2.34. The normalized spacial score (nSPS) is 23.1. The van der Waals surface area contributed by atoms with E-state index in [1.165, 1.54) is 36.3 Å². The number of thioether (sulfide) groups is 1. The van der Waals surface area contributed by atoms with Gasteiger partial charge in [0.15, 0.2) is 0 Å². The zero-order valence-corrected chi connectivity index (χ0v) is 13.6. The minimum Gasteiger partial charge on any atom is -0.370 e. The van der Waals surface area contributed by atoms with Crippen LogP contribution in [0.25, 0.3) is 0 Å². The summed E-state index contributed by atoms with van der Waals surface area (Å²) in [5, 5.41) is 5.19. The first-order valence-corrected chi connectivity index (χ1v) is 9.07. The van der Waals surface area contributed by atoms with Crippen molar-refractivity contribution < 1.29 is 0 Å². The van der Waals surface area contributed by atoms with Gasteiger partial charge in [0.05, 0.1) is 0 Å². The largest absolute Gasteiger partial charge is 0.370 e. The van der Waals surface area contributed by atoms with Gasteiger partial charge in [0.2, 0.25) is 0 Å². The number of rotatable bonds is 5. The Bertz CT molecular complexity index is 462. The molecule has 110 valence electrons. The van der Waals surface area contributed by atoms with Crippen molar-refractivity contribution in [1.29, 1.82) is 0 Å². The number of nitrogens with zero attached hydrogens (tertiary/aromatic N) is 1. The average Bonchev–Trinajstić information content (AvgIpc) is 3.30. The van der Waals surface area contributed by atoms with E-state index in [9.17, 15) is 0 Å². The fourth-order valence-corrected chi connectivity index (χ4v) is 4.04. The first kappa shape index (κ1) is 14.6. The standard InChI is InChI=1S/C16H23ClN2S/c1-2-15-11-19(7-8-20-15)14-6-3-12(16(17)9-14)10-18-13-4-5-13/h3,6,9,13,15,18H,2,4-5,7-8,10-11H2,1H3. The van der Waals surface area contributed by atoms with E-state index < -0.39 is 0 Å². The van der Waals surface area contributed by atoms with E-state index >= 15 is 0 Å². The SMILES string of the molecule is CCC1CN(c2ccc(CNC3CC3)c(Cl)c2)CCS1. The Morgan fingerprint density at radius 1 is 1.40 bits per heavy atom. The minimum absolute atomic E-state index is 0.732. The van der Waals surface area contributed by atoms with Gasteiger partial charge in [-0.05, 0) is 37.0 Å². The molecule has 1 saturated carbocycles. The summed E-state index contributed by atoms with van der Waals surface area (Å²) in [7, 11) is 0. The van der Waals surface area contributed by atoms with E-state index in [1.807, 2.05) is 0 Å². The highest BCUT2D eigenvalue weighted by molar-refractivity contribution is 8.00. The number of benzene rings is 1. The second-order valence-corrected chi connectivity index (χ2v) is 7.59. The van der Waals surface area contributed by atoms with Gasteiger partial charge in [-0.2, -0.15) is 11.8 Å². The first-order valence-electron chi connectivity index (χ1n) is 7.64. The lowest BCUT2D eigenvalue weighted by atomic mass is 10.1. The Balaban J connectivity index is 1.65. The van der Waals surface area contributed by atoms with Crippen molar-refractivity contribution in [2.75, 3.05) is 23.7 Å². The van der Waals surface area contributed by atoms with Gasteiger partial charge in [-0.1, -0.05) is 24.6 Å². The van der Waals surface area contributed by atoms with Crippen LogP contribution in [0.2, 0.25) is 5.02 Å². The summed E-state index contributed by atoms with van der Waals surface area (Å²) in [6.45, 7) is 5.46. The molecule has 0 radical (unpaired) electrons. The number of nitrogens with one attached hydrogen (secondary N) is 1. The quantitative estimate of drug-likeness (QED) is 0.887. The summed E-state index contributed by atoms with van der Waals surface area (Å²) in [6.07, 6.45) is 3.89. The molecule has 1 N–H and O–H groups in total. The summed E-state index contributed by atoms with van der Waals surface area (Å²) in [6, 6.07) is 7.30. The molecule has 3 rings (SSSR count). The molecule has 1 atom stereocenters. The van der Waals surface area contributed by atoms with Crippen LogP contribution >= 0.6 is 23.4 Å². The Morgan fingerprint density at radius 3 is 2.95 bits per heavy atom. The van der Waals surface area contributed by atoms with Crippen molar-refractivity contribution in [3.8, 4) is 0 Å². The van der Waals surface area contributed by atoms with Crippen molar-refractivity contribution in [3.05, 3.63) is 28.8 Å². The van der Waals surface area contributed by atoms with Crippen molar-refractivity contribution in [3.63, 3.8) is 0 Å². The molecule has 1 aliphatic carbocycles. The predicted molar refractivity (Wildman–Crippen MR) is 90.1 cm³/mol. The molecular weight excluding hydrogens is 288 g/mol. The highest BCUT2D eigenvalue weighted by atomic mass is 35.5. The molecule has 1 aliphatic heterocycles. The monoisotopic (exact) mass is 310 g/mol. The van der Waals surface area contributed by atoms with E-state index in [1.54, 1.807) is 0 Å². The third-order valence-corrected chi connectivity index (χ3v) is 5.88. The van der Waals surface area contributed by atoms with Crippen LogP contribution < -0.4 is 10.2 Å². The lowest BCUT2D eigenvalue weighted by molar-refractivity contribution is 0.687. The Labute approximate surface area is 131 Å². The van der Waals surface area contributed by atoms with Crippen molar-refractivity contribution in [2.45, 2.75) is 44.0 Å². The van der Waals surface area contributed by atoms with Crippen LogP contribution in [0.15, 0.2) is 18.2 Å². The molecule has 1 aromatic rings. The molecule has 1 unspecified atom stereocenters. The molecule has 2 nitrogen and oxygen atoms in total. The predicted octanol–water partition coefficient (Wildman–Crippen LogP) is 3.92. The van der Waals surface area contributed by atoms with Crippen LogP contribution in [0.1, 0.15) is 31.7 Å². The summed E-state index contributed by atoms with van der Waals surface area (Å²) >= 11 is 8.55. The van der Waals surface area contributed by atoms with Gasteiger partial charge >= 0.3 is 0 Å². The zero-order chi connectivity index (χ0) is 13.9. The van der Waals surface area contributed by atoms with Crippen LogP contribution in [-0.4, -0.2) is 30.1 Å². The van der Waals surface area contributed by atoms with Crippen LogP contribution in [-0.2, 0) is 6.54 Å². The Kier molecular flexibility index (Phi) is 4.79. The Hall–Kier alpha value is -0.380. The van der Waals surface area contributed by atoms with Crippen molar-refractivity contribution in [1.82, 2.24) is 5.32 Å². The van der Waals surface area contributed by atoms with Gasteiger partial charge in [-0.3, -0.25) is 0 Å². The number of halogens is 1. The molecule has 0 spiro atoms. The summed E-state index contributed by atoms with van der Waals surface area (Å²) in [5.74, 6) is 1.22. The molecule has 2 aliphatic rings. The van der Waals surface area contributed by atoms with Gasteiger partial charge in [-0.15, -0.1) is 0 Å². The number of hydrogen-bond acceptors (Lipinski definition) is 3. The maximum Gasteiger partial charge on any atom is 0.0471 e. The summed E-state index contributed by atoms with van der Waals surface area (Å²) in [5.41, 5.74) is 2.50. The van der Waals surface area contributed by atoms with Crippen LogP contribution in [0.5, 0.6) is 0 Å². The van der Waals surface area contributed by atoms with Crippen LogP contribution in [0.3, 0.4) is 0 Å². The van der Waals surface area contributed by atoms with E-state index in [2.05, 4.69) is 47.1 Å². The van der Waals surface area contributed by atoms with Gasteiger partial charge in [0.1, 0.15) is 0 Å². The molecule has 1 saturated heterocycles. The smallest absolute Gasteiger partial charge is 0.0471 e. The highest BCUT2D eigenvalue weighted by Crippen LogP contribution is 2.29. The van der Waals surface area contributed by atoms with E-state index in [0.29, 0.717) is 0 Å². The summed E-state index contributed by atoms with van der Waals surface area (Å²) < 4.78 is 0. The van der Waals surface area contributed by atoms with Gasteiger partial charge in [0.25, 0.3) is 0 Å². The number of anilines is 1. The number of hydrogen-bond donors (Lipinski definition) is 1. The second-order valence-electron chi connectivity index (χ2n) is 5.78. The van der Waals surface area contributed by atoms with Crippen LogP contribution in [0, 0.1) is 0 Å². The van der Waals surface area contributed by atoms with Gasteiger partial charge in [-0.25, -0.2) is 0 Å². The molecule has 2 fully saturated rings. The third kappa shape index (κ3) is 3.63. The third-order valence-electron chi connectivity index (χ3n) is 4.15. The lowest BCUT2D eigenvalue weighted by Crippen LogP contribution is -2.37. The average molecular weight is 311 g/mol. The van der Waals surface area contributed by atoms with E-state index in [-0.39, 0.29) is 0 Å². The molecule has 0 aromatic heterocycles.